The van der Waals surface area contributed by atoms with Gasteiger partial charge in [-0.1, -0.05) is 6.92 Å². The van der Waals surface area contributed by atoms with E-state index < -0.39 is 0 Å². The van der Waals surface area contributed by atoms with Gasteiger partial charge in [0.05, 0.1) is 6.61 Å². The number of hydrogen-bond donors (Lipinski definition) is 1. The SMILES string of the molecule is CCOCCN(CC)CC1(N)CC1. The number of rotatable bonds is 7. The Hall–Kier alpha value is -0.120. The highest BCUT2D eigenvalue weighted by Crippen LogP contribution is 2.32. The molecule has 0 spiro atoms. The lowest BCUT2D eigenvalue weighted by atomic mass is 10.2. The molecule has 1 saturated carbocycles. The van der Waals surface area contributed by atoms with Gasteiger partial charge in [0.15, 0.2) is 0 Å². The van der Waals surface area contributed by atoms with Crippen LogP contribution >= 0.6 is 0 Å². The van der Waals surface area contributed by atoms with E-state index >= 15 is 0 Å². The van der Waals surface area contributed by atoms with Crippen LogP contribution in [0, 0.1) is 0 Å². The molecule has 2 N–H and O–H groups in total. The summed E-state index contributed by atoms with van der Waals surface area (Å²) in [5.74, 6) is 0. The van der Waals surface area contributed by atoms with E-state index in [-0.39, 0.29) is 5.54 Å². The summed E-state index contributed by atoms with van der Waals surface area (Å²) in [7, 11) is 0. The zero-order valence-electron chi connectivity index (χ0n) is 8.88. The Bertz CT molecular complexity index is 146. The van der Waals surface area contributed by atoms with Gasteiger partial charge < -0.3 is 10.5 Å². The Labute approximate surface area is 81.2 Å². The molecule has 0 saturated heterocycles. The van der Waals surface area contributed by atoms with Crippen molar-refractivity contribution >= 4 is 0 Å². The Morgan fingerprint density at radius 3 is 2.54 bits per heavy atom. The van der Waals surface area contributed by atoms with Crippen molar-refractivity contribution in [3.8, 4) is 0 Å². The number of nitrogens with zero attached hydrogens (tertiary/aromatic N) is 1. The fourth-order valence-corrected chi connectivity index (χ4v) is 1.45. The van der Waals surface area contributed by atoms with E-state index in [4.69, 9.17) is 10.5 Å². The van der Waals surface area contributed by atoms with Crippen molar-refractivity contribution < 1.29 is 4.74 Å². The fourth-order valence-electron chi connectivity index (χ4n) is 1.45. The predicted molar refractivity (Wildman–Crippen MR) is 54.8 cm³/mol. The van der Waals surface area contributed by atoms with Crippen molar-refractivity contribution in [3.05, 3.63) is 0 Å². The second-order valence-corrected chi connectivity index (χ2v) is 3.93. The van der Waals surface area contributed by atoms with E-state index in [9.17, 15) is 0 Å². The van der Waals surface area contributed by atoms with Gasteiger partial charge in [0, 0.05) is 25.2 Å². The normalized spacial score (nSPS) is 19.4. The van der Waals surface area contributed by atoms with Gasteiger partial charge in [0.25, 0.3) is 0 Å². The van der Waals surface area contributed by atoms with Gasteiger partial charge in [-0.2, -0.15) is 0 Å². The molecule has 13 heavy (non-hydrogen) atoms. The molecule has 1 fully saturated rings. The number of nitrogens with two attached hydrogens (primary N) is 1. The van der Waals surface area contributed by atoms with Gasteiger partial charge in [0.2, 0.25) is 0 Å². The summed E-state index contributed by atoms with van der Waals surface area (Å²) in [6.07, 6.45) is 2.39. The molecule has 78 valence electrons. The number of likely N-dealkylation sites (N-methyl/N-ethyl adjacent to an activating group) is 1. The van der Waals surface area contributed by atoms with Crippen molar-refractivity contribution in [1.82, 2.24) is 4.90 Å². The summed E-state index contributed by atoms with van der Waals surface area (Å²) >= 11 is 0. The summed E-state index contributed by atoms with van der Waals surface area (Å²) in [6.45, 7) is 8.98. The second-order valence-electron chi connectivity index (χ2n) is 3.93. The average Bonchev–Trinajstić information content (AvgIpc) is 2.83. The summed E-state index contributed by atoms with van der Waals surface area (Å²) in [5.41, 5.74) is 6.19. The minimum Gasteiger partial charge on any atom is -0.380 e. The van der Waals surface area contributed by atoms with Crippen LogP contribution in [0.2, 0.25) is 0 Å². The minimum atomic E-state index is 0.141. The van der Waals surface area contributed by atoms with Crippen LogP contribution in [0.15, 0.2) is 0 Å². The largest absolute Gasteiger partial charge is 0.380 e. The van der Waals surface area contributed by atoms with E-state index in [1.165, 1.54) is 12.8 Å². The van der Waals surface area contributed by atoms with Crippen molar-refractivity contribution in [2.75, 3.05) is 32.8 Å². The van der Waals surface area contributed by atoms with Gasteiger partial charge in [0.1, 0.15) is 0 Å². The quantitative estimate of drug-likeness (QED) is 0.599. The zero-order chi connectivity index (χ0) is 9.73. The van der Waals surface area contributed by atoms with Crippen molar-refractivity contribution in [2.24, 2.45) is 5.73 Å². The van der Waals surface area contributed by atoms with Crippen LogP contribution in [0.5, 0.6) is 0 Å². The third-order valence-electron chi connectivity index (χ3n) is 2.63. The predicted octanol–water partition coefficient (Wildman–Crippen LogP) is 0.836. The molecule has 0 aliphatic heterocycles. The van der Waals surface area contributed by atoms with Gasteiger partial charge in [-0.05, 0) is 26.3 Å². The van der Waals surface area contributed by atoms with Gasteiger partial charge >= 0.3 is 0 Å². The molecule has 1 aliphatic carbocycles. The topological polar surface area (TPSA) is 38.5 Å². The van der Waals surface area contributed by atoms with Crippen LogP contribution in [0.4, 0.5) is 0 Å². The lowest BCUT2D eigenvalue weighted by Gasteiger charge is -2.23. The van der Waals surface area contributed by atoms with E-state index in [0.29, 0.717) is 0 Å². The van der Waals surface area contributed by atoms with Crippen LogP contribution < -0.4 is 5.73 Å². The first-order chi connectivity index (χ1) is 6.20. The molecule has 0 aromatic carbocycles. The summed E-state index contributed by atoms with van der Waals surface area (Å²) < 4.78 is 5.32. The van der Waals surface area contributed by atoms with E-state index in [1.54, 1.807) is 0 Å². The third kappa shape index (κ3) is 4.07. The minimum absolute atomic E-state index is 0.141. The first-order valence-electron chi connectivity index (χ1n) is 5.29. The van der Waals surface area contributed by atoms with Crippen molar-refractivity contribution in [3.63, 3.8) is 0 Å². The number of hydrogen-bond acceptors (Lipinski definition) is 3. The summed E-state index contributed by atoms with van der Waals surface area (Å²) in [5, 5.41) is 0. The molecule has 0 unspecified atom stereocenters. The summed E-state index contributed by atoms with van der Waals surface area (Å²) in [4.78, 5) is 2.38. The van der Waals surface area contributed by atoms with Crippen molar-refractivity contribution in [2.45, 2.75) is 32.2 Å². The fraction of sp³-hybridized carbons (Fsp3) is 1.00. The maximum absolute atomic E-state index is 6.04. The molecular formula is C10H22N2O. The van der Waals surface area contributed by atoms with Crippen molar-refractivity contribution in [1.29, 1.82) is 0 Å². The van der Waals surface area contributed by atoms with Gasteiger partial charge in [-0.25, -0.2) is 0 Å². The zero-order valence-corrected chi connectivity index (χ0v) is 8.88. The highest BCUT2D eigenvalue weighted by atomic mass is 16.5. The van der Waals surface area contributed by atoms with Crippen LogP contribution in [0.3, 0.4) is 0 Å². The maximum Gasteiger partial charge on any atom is 0.0593 e. The molecule has 0 aromatic rings. The molecular weight excluding hydrogens is 164 g/mol. The molecule has 0 aromatic heterocycles. The Morgan fingerprint density at radius 2 is 2.08 bits per heavy atom. The lowest BCUT2D eigenvalue weighted by Crippen LogP contribution is -2.40. The smallest absolute Gasteiger partial charge is 0.0593 e. The molecule has 1 aliphatic rings. The first-order valence-corrected chi connectivity index (χ1v) is 5.29. The highest BCUT2D eigenvalue weighted by molar-refractivity contribution is 5.00. The Balaban J connectivity index is 2.11. The molecule has 0 amide bonds. The first kappa shape index (κ1) is 11.0. The standard InChI is InChI=1S/C10H22N2O/c1-3-12(7-8-13-4-2)9-10(11)5-6-10/h3-9,11H2,1-2H3. The van der Waals surface area contributed by atoms with Crippen LogP contribution in [-0.2, 0) is 4.74 Å². The molecule has 1 rings (SSSR count). The molecule has 0 heterocycles. The maximum atomic E-state index is 6.04. The van der Waals surface area contributed by atoms with E-state index in [1.807, 2.05) is 6.92 Å². The van der Waals surface area contributed by atoms with Crippen LogP contribution in [-0.4, -0.2) is 43.3 Å². The van der Waals surface area contributed by atoms with Gasteiger partial charge in [-0.15, -0.1) is 0 Å². The monoisotopic (exact) mass is 186 g/mol. The number of ether oxygens (including phenoxy) is 1. The molecule has 0 bridgehead atoms. The molecule has 0 atom stereocenters. The average molecular weight is 186 g/mol. The van der Waals surface area contributed by atoms with E-state index in [0.717, 1.165) is 32.8 Å². The molecule has 0 radical (unpaired) electrons. The third-order valence-corrected chi connectivity index (χ3v) is 2.63. The molecule has 3 heteroatoms. The van der Waals surface area contributed by atoms with Gasteiger partial charge in [-0.3, -0.25) is 4.90 Å². The highest BCUT2D eigenvalue weighted by Gasteiger charge is 2.39. The molecule has 3 nitrogen and oxygen atoms in total. The van der Waals surface area contributed by atoms with Crippen LogP contribution in [0.25, 0.3) is 0 Å². The van der Waals surface area contributed by atoms with Crippen LogP contribution in [0.1, 0.15) is 26.7 Å². The van der Waals surface area contributed by atoms with E-state index in [2.05, 4.69) is 11.8 Å². The Kier molecular flexibility index (Phi) is 4.16. The Morgan fingerprint density at radius 1 is 1.38 bits per heavy atom. The lowest BCUT2D eigenvalue weighted by molar-refractivity contribution is 0.112. The second kappa shape index (κ2) is 4.94. The summed E-state index contributed by atoms with van der Waals surface area (Å²) in [6, 6.07) is 0.